The molecule has 11 heteroatoms. The molecule has 0 radical (unpaired) electrons. The van der Waals surface area contributed by atoms with Crippen molar-refractivity contribution in [1.82, 2.24) is 0 Å². The molecule has 0 saturated carbocycles. The molecule has 1 aliphatic rings. The van der Waals surface area contributed by atoms with E-state index in [1.165, 1.54) is 20.8 Å². The van der Waals surface area contributed by atoms with Gasteiger partial charge in [-0.25, -0.2) is 0 Å². The summed E-state index contributed by atoms with van der Waals surface area (Å²) in [7, 11) is 0. The first kappa shape index (κ1) is 22.9. The molecule has 0 amide bonds. The van der Waals surface area contributed by atoms with Crippen molar-refractivity contribution in [3.8, 4) is 5.75 Å². The number of halogens is 2. The molecule has 4 rings (SSSR count). The van der Waals surface area contributed by atoms with E-state index in [0.717, 1.165) is 4.70 Å². The molecule has 0 spiro atoms. The molecule has 2 heterocycles. The van der Waals surface area contributed by atoms with Gasteiger partial charge in [-0.1, -0.05) is 34.5 Å². The standard InChI is InChI=1S/C19H12Cl2N2O5S.Na/c20-10-1-3-14-12(5-10)22(8-18(24)25)16(28-14)7-17-23(9-19(26)27)13-6-11(21)2-4-15(13)29-17;/h1-7H,8-9H2,(H-,24,25,26,27);/q;+1/p-1. The zero-order chi connectivity index (χ0) is 20.7. The predicted molar refractivity (Wildman–Crippen MR) is 104 cm³/mol. The third-order valence-electron chi connectivity index (χ3n) is 4.21. The number of carboxylic acids is 2. The van der Waals surface area contributed by atoms with Gasteiger partial charge in [0.05, 0.1) is 24.3 Å². The number of thiazole rings is 1. The number of carbonyl (C=O) groups excluding carboxylic acids is 2. The van der Waals surface area contributed by atoms with Gasteiger partial charge >= 0.3 is 29.6 Å². The van der Waals surface area contributed by atoms with E-state index < -0.39 is 25.0 Å². The summed E-state index contributed by atoms with van der Waals surface area (Å²) in [5, 5.41) is 23.9. The van der Waals surface area contributed by atoms with Crippen LogP contribution in [0.1, 0.15) is 5.01 Å². The van der Waals surface area contributed by atoms with Crippen LogP contribution < -0.4 is 54.0 Å². The normalized spacial score (nSPS) is 13.8. The Labute approximate surface area is 207 Å². The molecule has 30 heavy (non-hydrogen) atoms. The molecular weight excluding hydrogens is 462 g/mol. The van der Waals surface area contributed by atoms with Crippen molar-refractivity contribution in [2.24, 2.45) is 0 Å². The number of carboxylic acid groups (broad SMARTS) is 2. The number of hydrogen-bond acceptors (Lipinski definition) is 7. The summed E-state index contributed by atoms with van der Waals surface area (Å²) >= 11 is 13.4. The Hall–Kier alpha value is -1.81. The summed E-state index contributed by atoms with van der Waals surface area (Å²) in [6.45, 7) is -0.866. The fourth-order valence-corrected chi connectivity index (χ4v) is 4.45. The van der Waals surface area contributed by atoms with Gasteiger partial charge in [0.15, 0.2) is 12.3 Å². The van der Waals surface area contributed by atoms with Crippen LogP contribution in [0.5, 0.6) is 5.75 Å². The van der Waals surface area contributed by atoms with Crippen LogP contribution in [-0.2, 0) is 16.1 Å². The maximum absolute atomic E-state index is 11.3. The van der Waals surface area contributed by atoms with E-state index in [0.29, 0.717) is 32.0 Å². The Bertz CT molecular complexity index is 1200. The van der Waals surface area contributed by atoms with Crippen LogP contribution in [0.2, 0.25) is 10.0 Å². The molecule has 0 bridgehead atoms. The van der Waals surface area contributed by atoms with Crippen molar-refractivity contribution >= 4 is 68.5 Å². The fraction of sp³-hybridized carbons (Fsp3) is 0.105. The van der Waals surface area contributed by atoms with Gasteiger partial charge < -0.3 is 29.4 Å². The number of hydrogen-bond donors (Lipinski definition) is 0. The minimum absolute atomic E-state index is 0. The molecule has 0 unspecified atom stereocenters. The maximum Gasteiger partial charge on any atom is 1.00 e. The number of carbonyl (C=O) groups is 2. The van der Waals surface area contributed by atoms with Crippen LogP contribution in [0.3, 0.4) is 0 Å². The van der Waals surface area contributed by atoms with Crippen molar-refractivity contribution in [1.29, 1.82) is 0 Å². The predicted octanol–water partition coefficient (Wildman–Crippen LogP) is -1.80. The number of benzene rings is 2. The minimum atomic E-state index is -1.31. The number of rotatable bonds is 5. The summed E-state index contributed by atoms with van der Waals surface area (Å²) in [5.41, 5.74) is 1.09. The Morgan fingerprint density at radius 1 is 1.10 bits per heavy atom. The van der Waals surface area contributed by atoms with Crippen LogP contribution in [-0.4, -0.2) is 18.5 Å². The Balaban J connectivity index is 0.00000256. The van der Waals surface area contributed by atoms with Crippen LogP contribution in [0.4, 0.5) is 5.69 Å². The fourth-order valence-electron chi connectivity index (χ4n) is 3.05. The minimum Gasteiger partial charge on any atom is -0.548 e. The van der Waals surface area contributed by atoms with E-state index in [-0.39, 0.29) is 35.4 Å². The molecular formula is C19H11Cl2N2NaO5S. The average Bonchev–Trinajstić information content (AvgIpc) is 3.13. The van der Waals surface area contributed by atoms with E-state index in [1.54, 1.807) is 42.5 Å². The van der Waals surface area contributed by atoms with Crippen molar-refractivity contribution in [2.45, 2.75) is 6.54 Å². The molecule has 0 aliphatic carbocycles. The molecule has 0 atom stereocenters. The largest absolute Gasteiger partial charge is 1.00 e. The molecule has 0 saturated heterocycles. The molecule has 2 aromatic carbocycles. The number of fused-ring (bicyclic) bond motifs is 2. The van der Waals surface area contributed by atoms with E-state index in [1.807, 2.05) is 0 Å². The molecule has 1 aromatic heterocycles. The summed E-state index contributed by atoms with van der Waals surface area (Å²) in [4.78, 5) is 24.0. The van der Waals surface area contributed by atoms with Crippen LogP contribution in [0.25, 0.3) is 16.3 Å². The van der Waals surface area contributed by atoms with Crippen LogP contribution >= 0.6 is 34.5 Å². The van der Waals surface area contributed by atoms with Gasteiger partial charge in [0.25, 0.3) is 5.01 Å². The first-order valence-electron chi connectivity index (χ1n) is 8.30. The summed E-state index contributed by atoms with van der Waals surface area (Å²) in [6.07, 6.45) is 1.57. The van der Waals surface area contributed by atoms with E-state index in [4.69, 9.17) is 27.9 Å². The monoisotopic (exact) mass is 472 g/mol. The quantitative estimate of drug-likeness (QED) is 0.321. The van der Waals surface area contributed by atoms with E-state index >= 15 is 0 Å². The number of aromatic nitrogens is 1. The molecule has 0 fully saturated rings. The Kier molecular flexibility index (Phi) is 6.96. The zero-order valence-corrected chi connectivity index (χ0v) is 19.9. The number of nitrogens with zero attached hydrogens (tertiary/aromatic N) is 2. The van der Waals surface area contributed by atoms with E-state index in [2.05, 4.69) is 0 Å². The number of ether oxygens (including phenoxy) is 1. The van der Waals surface area contributed by atoms with Gasteiger partial charge in [0.2, 0.25) is 11.4 Å². The van der Waals surface area contributed by atoms with Gasteiger partial charge in [-0.15, -0.1) is 0 Å². The maximum atomic E-state index is 11.3. The topological polar surface area (TPSA) is 96.6 Å². The second kappa shape index (κ2) is 9.13. The summed E-state index contributed by atoms with van der Waals surface area (Å²) < 4.78 is 8.12. The van der Waals surface area contributed by atoms with Crippen molar-refractivity contribution in [3.05, 3.63) is 57.3 Å². The van der Waals surface area contributed by atoms with Crippen molar-refractivity contribution in [3.63, 3.8) is 0 Å². The first-order chi connectivity index (χ1) is 13.8. The van der Waals surface area contributed by atoms with Crippen molar-refractivity contribution in [2.75, 3.05) is 11.4 Å². The third-order valence-corrected chi connectivity index (χ3v) is 5.79. The van der Waals surface area contributed by atoms with Crippen molar-refractivity contribution < 1.29 is 58.7 Å². The Morgan fingerprint density at radius 3 is 2.50 bits per heavy atom. The summed E-state index contributed by atoms with van der Waals surface area (Å²) in [6, 6.07) is 9.97. The van der Waals surface area contributed by atoms with Crippen LogP contribution in [0, 0.1) is 0 Å². The SMILES string of the molecule is O=C([O-])CN1C(=Cc2sc3ccc(Cl)cc3[n+]2CC(=O)[O-])Oc2ccc(Cl)cc21.[Na+]. The Morgan fingerprint density at radius 2 is 1.80 bits per heavy atom. The smallest absolute Gasteiger partial charge is 0.548 e. The van der Waals surface area contributed by atoms with E-state index in [9.17, 15) is 19.8 Å². The second-order valence-corrected chi connectivity index (χ2v) is 8.10. The average molecular weight is 473 g/mol. The molecule has 7 nitrogen and oxygen atoms in total. The van der Waals surface area contributed by atoms with Crippen LogP contribution in [0.15, 0.2) is 42.3 Å². The molecule has 3 aromatic rings. The van der Waals surface area contributed by atoms with Gasteiger partial charge in [0.1, 0.15) is 10.7 Å². The summed E-state index contributed by atoms with van der Waals surface area (Å²) in [5.74, 6) is -1.95. The number of anilines is 1. The third kappa shape index (κ3) is 4.59. The number of aliphatic carboxylic acids is 2. The van der Waals surface area contributed by atoms with Gasteiger partial charge in [-0.2, -0.15) is 4.57 Å². The molecule has 0 N–H and O–H groups in total. The second-order valence-electron chi connectivity index (χ2n) is 6.17. The zero-order valence-electron chi connectivity index (χ0n) is 15.6. The molecule has 148 valence electrons. The first-order valence-corrected chi connectivity index (χ1v) is 9.87. The molecule has 1 aliphatic heterocycles. The van der Waals surface area contributed by atoms with Gasteiger partial charge in [-0.3, -0.25) is 0 Å². The van der Waals surface area contributed by atoms with Gasteiger partial charge in [0, 0.05) is 16.1 Å². The van der Waals surface area contributed by atoms with Gasteiger partial charge in [-0.05, 0) is 30.3 Å².